The number of hydrogen-bond donors (Lipinski definition) is 1. The summed E-state index contributed by atoms with van der Waals surface area (Å²) in [7, 11) is 0. The van der Waals surface area contributed by atoms with Gasteiger partial charge in [0.25, 0.3) is 0 Å². The lowest BCUT2D eigenvalue weighted by atomic mass is 9.91. The van der Waals surface area contributed by atoms with Crippen LogP contribution in [0.1, 0.15) is 25.7 Å². The van der Waals surface area contributed by atoms with Crippen LogP contribution in [0.5, 0.6) is 0 Å². The Hall–Kier alpha value is -0.0800. The lowest BCUT2D eigenvalue weighted by Gasteiger charge is -2.19. The Labute approximate surface area is 56.0 Å². The molecule has 1 aliphatic heterocycles. The van der Waals surface area contributed by atoms with E-state index in [2.05, 4.69) is 0 Å². The monoisotopic (exact) mass is 126 g/mol. The molecule has 0 radical (unpaired) electrons. The van der Waals surface area contributed by atoms with E-state index in [1.165, 1.54) is 25.7 Å². The van der Waals surface area contributed by atoms with Gasteiger partial charge in [0, 0.05) is 12.6 Å². The van der Waals surface area contributed by atoms with Gasteiger partial charge in [0.2, 0.25) is 0 Å². The molecule has 9 heavy (non-hydrogen) atoms. The van der Waals surface area contributed by atoms with Crippen LogP contribution in [0.25, 0.3) is 0 Å². The molecule has 1 heterocycles. The van der Waals surface area contributed by atoms with E-state index in [-0.39, 0.29) is 0 Å². The molecule has 1 aliphatic carbocycles. The van der Waals surface area contributed by atoms with Gasteiger partial charge in [-0.3, -0.25) is 5.84 Å². The van der Waals surface area contributed by atoms with Gasteiger partial charge in [0.05, 0.1) is 0 Å². The Morgan fingerprint density at radius 3 is 2.89 bits per heavy atom. The summed E-state index contributed by atoms with van der Waals surface area (Å²) in [6.07, 6.45) is 5.54. The first-order valence-electron chi connectivity index (χ1n) is 3.87. The number of fused-ring (bicyclic) bond motifs is 2. The molecule has 2 bridgehead atoms. The highest BCUT2D eigenvalue weighted by Gasteiger charge is 2.32. The number of nitrogens with zero attached hydrogens (tertiary/aromatic N) is 1. The summed E-state index contributed by atoms with van der Waals surface area (Å²) in [4.78, 5) is 0. The third-order valence-corrected chi connectivity index (χ3v) is 2.69. The number of hydrazine groups is 1. The lowest BCUT2D eigenvalue weighted by molar-refractivity contribution is 0.252. The molecular weight excluding hydrogens is 112 g/mol. The highest BCUT2D eigenvalue weighted by Crippen LogP contribution is 2.32. The van der Waals surface area contributed by atoms with E-state index in [4.69, 9.17) is 5.84 Å². The molecule has 2 N–H and O–H groups in total. The Morgan fingerprint density at radius 1 is 1.33 bits per heavy atom. The van der Waals surface area contributed by atoms with Crippen LogP contribution in [-0.2, 0) is 0 Å². The van der Waals surface area contributed by atoms with E-state index in [0.717, 1.165) is 18.5 Å². The quantitative estimate of drug-likeness (QED) is 0.485. The largest absolute Gasteiger partial charge is 0.269 e. The van der Waals surface area contributed by atoms with Crippen LogP contribution in [0.3, 0.4) is 0 Å². The van der Waals surface area contributed by atoms with Crippen molar-refractivity contribution >= 4 is 0 Å². The average molecular weight is 126 g/mol. The minimum absolute atomic E-state index is 0.740. The summed E-state index contributed by atoms with van der Waals surface area (Å²) in [6.45, 7) is 1.16. The van der Waals surface area contributed by atoms with Crippen molar-refractivity contribution in [2.45, 2.75) is 31.7 Å². The summed E-state index contributed by atoms with van der Waals surface area (Å²) < 4.78 is 0. The number of nitrogens with two attached hydrogens (primary N) is 1. The normalized spacial score (nSPS) is 43.7. The van der Waals surface area contributed by atoms with Gasteiger partial charge in [-0.1, -0.05) is 6.42 Å². The number of hydrogen-bond acceptors (Lipinski definition) is 2. The van der Waals surface area contributed by atoms with Gasteiger partial charge < -0.3 is 0 Å². The smallest absolute Gasteiger partial charge is 0.0244 e. The predicted molar refractivity (Wildman–Crippen MR) is 36.6 cm³/mol. The maximum atomic E-state index is 5.75. The zero-order valence-electron chi connectivity index (χ0n) is 5.71. The highest BCUT2D eigenvalue weighted by molar-refractivity contribution is 4.86. The molecule has 2 heteroatoms. The topological polar surface area (TPSA) is 29.3 Å². The molecule has 0 amide bonds. The van der Waals surface area contributed by atoms with Crippen LogP contribution in [0.4, 0.5) is 0 Å². The second kappa shape index (κ2) is 1.96. The van der Waals surface area contributed by atoms with Crippen molar-refractivity contribution in [1.82, 2.24) is 5.01 Å². The SMILES string of the molecule is NN1CC2CCCC1C2. The van der Waals surface area contributed by atoms with Crippen molar-refractivity contribution in [2.24, 2.45) is 11.8 Å². The minimum Gasteiger partial charge on any atom is -0.269 e. The van der Waals surface area contributed by atoms with E-state index >= 15 is 0 Å². The van der Waals surface area contributed by atoms with E-state index in [0.29, 0.717) is 0 Å². The molecule has 1 saturated carbocycles. The maximum Gasteiger partial charge on any atom is 0.0244 e. The van der Waals surface area contributed by atoms with E-state index in [1.807, 2.05) is 5.01 Å². The molecule has 0 aromatic heterocycles. The van der Waals surface area contributed by atoms with Crippen LogP contribution in [0, 0.1) is 5.92 Å². The third-order valence-electron chi connectivity index (χ3n) is 2.69. The summed E-state index contributed by atoms with van der Waals surface area (Å²) >= 11 is 0. The Kier molecular flexibility index (Phi) is 1.24. The second-order valence-corrected chi connectivity index (χ2v) is 3.38. The number of rotatable bonds is 0. The Bertz CT molecular complexity index is 111. The van der Waals surface area contributed by atoms with Crippen molar-refractivity contribution in [1.29, 1.82) is 0 Å². The van der Waals surface area contributed by atoms with Crippen molar-refractivity contribution in [3.63, 3.8) is 0 Å². The average Bonchev–Trinajstić information content (AvgIpc) is 2.09. The minimum atomic E-state index is 0.740. The van der Waals surface area contributed by atoms with Crippen molar-refractivity contribution in [3.8, 4) is 0 Å². The van der Waals surface area contributed by atoms with Gasteiger partial charge in [-0.05, 0) is 25.2 Å². The van der Waals surface area contributed by atoms with Gasteiger partial charge in [0.1, 0.15) is 0 Å². The van der Waals surface area contributed by atoms with Crippen molar-refractivity contribution < 1.29 is 0 Å². The lowest BCUT2D eigenvalue weighted by Crippen LogP contribution is -2.35. The molecule has 0 spiro atoms. The predicted octanol–water partition coefficient (Wildman–Crippen LogP) is 0.734. The van der Waals surface area contributed by atoms with Crippen LogP contribution in [0.2, 0.25) is 0 Å². The second-order valence-electron chi connectivity index (χ2n) is 3.38. The first kappa shape index (κ1) is 5.69. The molecule has 2 nitrogen and oxygen atoms in total. The molecule has 0 aromatic rings. The van der Waals surface area contributed by atoms with Crippen molar-refractivity contribution in [2.75, 3.05) is 6.54 Å². The van der Waals surface area contributed by atoms with Gasteiger partial charge in [-0.15, -0.1) is 0 Å². The highest BCUT2D eigenvalue weighted by atomic mass is 15.4. The molecule has 52 valence electrons. The van der Waals surface area contributed by atoms with E-state index < -0.39 is 0 Å². The summed E-state index contributed by atoms with van der Waals surface area (Å²) in [6, 6.07) is 0.740. The zero-order valence-corrected chi connectivity index (χ0v) is 5.71. The van der Waals surface area contributed by atoms with E-state index in [1.54, 1.807) is 0 Å². The maximum absolute atomic E-state index is 5.75. The molecule has 2 fully saturated rings. The van der Waals surface area contributed by atoms with Gasteiger partial charge >= 0.3 is 0 Å². The molecule has 1 saturated heterocycles. The van der Waals surface area contributed by atoms with Crippen LogP contribution in [-0.4, -0.2) is 17.6 Å². The fraction of sp³-hybridized carbons (Fsp3) is 1.00. The van der Waals surface area contributed by atoms with Crippen LogP contribution in [0.15, 0.2) is 0 Å². The third kappa shape index (κ3) is 0.864. The van der Waals surface area contributed by atoms with Crippen LogP contribution >= 0.6 is 0 Å². The summed E-state index contributed by atoms with van der Waals surface area (Å²) in [5.41, 5.74) is 0. The first-order valence-corrected chi connectivity index (χ1v) is 3.87. The van der Waals surface area contributed by atoms with Gasteiger partial charge in [-0.2, -0.15) is 0 Å². The first-order chi connectivity index (χ1) is 4.36. The fourth-order valence-corrected chi connectivity index (χ4v) is 2.18. The molecular formula is C7H14N2. The van der Waals surface area contributed by atoms with Gasteiger partial charge in [0.15, 0.2) is 0 Å². The van der Waals surface area contributed by atoms with E-state index in [9.17, 15) is 0 Å². The molecule has 2 aliphatic rings. The molecule has 2 unspecified atom stereocenters. The summed E-state index contributed by atoms with van der Waals surface area (Å²) in [5.74, 6) is 6.69. The standard InChI is InChI=1S/C7H14N2/c8-9-5-6-2-1-3-7(9)4-6/h6-7H,1-5,8H2. The molecule has 2 atom stereocenters. The Morgan fingerprint density at radius 2 is 2.22 bits per heavy atom. The van der Waals surface area contributed by atoms with Gasteiger partial charge in [-0.25, -0.2) is 5.01 Å². The molecule has 0 aromatic carbocycles. The Balaban J connectivity index is 2.07. The fourth-order valence-electron chi connectivity index (χ4n) is 2.18. The van der Waals surface area contributed by atoms with Crippen molar-refractivity contribution in [3.05, 3.63) is 0 Å². The zero-order chi connectivity index (χ0) is 6.27. The molecule has 2 rings (SSSR count). The van der Waals surface area contributed by atoms with Crippen LogP contribution < -0.4 is 5.84 Å². The summed E-state index contributed by atoms with van der Waals surface area (Å²) in [5, 5.41) is 2.04.